The first-order valence-electron chi connectivity index (χ1n) is 9.53. The van der Waals surface area contributed by atoms with Crippen LogP contribution in [-0.2, 0) is 4.74 Å². The first-order chi connectivity index (χ1) is 13.4. The maximum atomic E-state index is 14.4. The number of hydrogen-bond acceptors (Lipinski definition) is 3. The summed E-state index contributed by atoms with van der Waals surface area (Å²) in [5, 5.41) is 0.789. The molecule has 2 atom stereocenters. The van der Waals surface area contributed by atoms with Crippen LogP contribution < -0.4 is 0 Å². The summed E-state index contributed by atoms with van der Waals surface area (Å²) >= 11 is 0. The Hall–Kier alpha value is -2.79. The summed E-state index contributed by atoms with van der Waals surface area (Å²) in [6.45, 7) is 6.99. The molecule has 2 unspecified atom stereocenters. The Kier molecular flexibility index (Phi) is 4.85. The van der Waals surface area contributed by atoms with Gasteiger partial charge in [0.15, 0.2) is 0 Å². The van der Waals surface area contributed by atoms with Crippen molar-refractivity contribution in [2.24, 2.45) is 0 Å². The predicted octanol–water partition coefficient (Wildman–Crippen LogP) is 4.60. The molecular formula is C23H23FN2O2. The van der Waals surface area contributed by atoms with Gasteiger partial charge in [-0.3, -0.25) is 4.79 Å². The van der Waals surface area contributed by atoms with Crippen molar-refractivity contribution in [2.45, 2.75) is 33.0 Å². The summed E-state index contributed by atoms with van der Waals surface area (Å²) in [6, 6.07) is 14.0. The smallest absolute Gasteiger partial charge is 0.254 e. The fourth-order valence-corrected chi connectivity index (χ4v) is 3.84. The molecule has 0 bridgehead atoms. The molecule has 2 aromatic carbocycles. The Labute approximate surface area is 164 Å². The van der Waals surface area contributed by atoms with Crippen LogP contribution in [0.4, 0.5) is 4.39 Å². The number of aromatic nitrogens is 1. The van der Waals surface area contributed by atoms with Gasteiger partial charge in [0.1, 0.15) is 5.82 Å². The number of amides is 1. The van der Waals surface area contributed by atoms with Crippen molar-refractivity contribution in [1.82, 2.24) is 9.88 Å². The topological polar surface area (TPSA) is 42.4 Å². The standard InChI is InChI=1S/C23H23FN2O2/c1-14-8-9-21-18(10-14)19(23(27)26-12-15(2)28-16(3)13-26)11-22(25-21)17-6-4-5-7-20(17)24/h4-11,15-16H,12-13H2,1-3H3. The zero-order valence-corrected chi connectivity index (χ0v) is 16.3. The number of benzene rings is 2. The molecule has 0 saturated carbocycles. The largest absolute Gasteiger partial charge is 0.372 e. The minimum absolute atomic E-state index is 0.0198. The van der Waals surface area contributed by atoms with Gasteiger partial charge in [0.2, 0.25) is 0 Å². The van der Waals surface area contributed by atoms with Crippen LogP contribution in [0, 0.1) is 12.7 Å². The molecule has 0 spiro atoms. The summed E-state index contributed by atoms with van der Waals surface area (Å²) in [7, 11) is 0. The molecule has 1 saturated heterocycles. The number of fused-ring (bicyclic) bond motifs is 1. The van der Waals surface area contributed by atoms with Gasteiger partial charge in [0.25, 0.3) is 5.91 Å². The number of rotatable bonds is 2. The molecular weight excluding hydrogens is 355 g/mol. The van der Waals surface area contributed by atoms with E-state index in [9.17, 15) is 9.18 Å². The zero-order valence-electron chi connectivity index (χ0n) is 16.3. The van der Waals surface area contributed by atoms with Crippen LogP contribution in [0.2, 0.25) is 0 Å². The third-order valence-electron chi connectivity index (χ3n) is 5.05. The Morgan fingerprint density at radius 3 is 2.54 bits per heavy atom. The Morgan fingerprint density at radius 2 is 1.82 bits per heavy atom. The predicted molar refractivity (Wildman–Crippen MR) is 108 cm³/mol. The third-order valence-corrected chi connectivity index (χ3v) is 5.05. The summed E-state index contributed by atoms with van der Waals surface area (Å²) in [6.07, 6.45) is -0.0397. The second kappa shape index (κ2) is 7.32. The number of halogens is 1. The molecule has 0 N–H and O–H groups in total. The summed E-state index contributed by atoms with van der Waals surface area (Å²) in [5.74, 6) is -0.425. The molecule has 0 aliphatic carbocycles. The maximum absolute atomic E-state index is 14.4. The lowest BCUT2D eigenvalue weighted by molar-refractivity contribution is -0.0585. The molecule has 1 aliphatic rings. The number of nitrogens with zero attached hydrogens (tertiary/aromatic N) is 2. The van der Waals surface area contributed by atoms with Crippen molar-refractivity contribution in [2.75, 3.05) is 13.1 Å². The molecule has 1 aliphatic heterocycles. The number of aryl methyl sites for hydroxylation is 1. The monoisotopic (exact) mass is 378 g/mol. The lowest BCUT2D eigenvalue weighted by Crippen LogP contribution is -2.48. The first-order valence-corrected chi connectivity index (χ1v) is 9.53. The van der Waals surface area contributed by atoms with Gasteiger partial charge in [-0.15, -0.1) is 0 Å². The Bertz CT molecular complexity index is 1040. The van der Waals surface area contributed by atoms with Gasteiger partial charge in [-0.1, -0.05) is 23.8 Å². The number of pyridine rings is 1. The maximum Gasteiger partial charge on any atom is 0.254 e. The third kappa shape index (κ3) is 3.50. The van der Waals surface area contributed by atoms with Crippen LogP contribution in [-0.4, -0.2) is 41.1 Å². The Morgan fingerprint density at radius 1 is 1.11 bits per heavy atom. The quantitative estimate of drug-likeness (QED) is 0.655. The fourth-order valence-electron chi connectivity index (χ4n) is 3.84. The molecule has 1 aromatic heterocycles. The van der Waals surface area contributed by atoms with Crippen molar-refractivity contribution in [3.63, 3.8) is 0 Å². The van der Waals surface area contributed by atoms with Gasteiger partial charge in [-0.05, 0) is 51.1 Å². The van der Waals surface area contributed by atoms with Crippen LogP contribution >= 0.6 is 0 Å². The normalized spacial score (nSPS) is 19.8. The lowest BCUT2D eigenvalue weighted by Gasteiger charge is -2.35. The minimum atomic E-state index is -0.353. The van der Waals surface area contributed by atoms with Crippen LogP contribution in [0.5, 0.6) is 0 Å². The van der Waals surface area contributed by atoms with E-state index < -0.39 is 0 Å². The highest BCUT2D eigenvalue weighted by Gasteiger charge is 2.28. The highest BCUT2D eigenvalue weighted by molar-refractivity contribution is 6.07. The number of morpholine rings is 1. The number of carbonyl (C=O) groups excluding carboxylic acids is 1. The van der Waals surface area contributed by atoms with Crippen LogP contribution in [0.25, 0.3) is 22.2 Å². The van der Waals surface area contributed by atoms with Crippen molar-refractivity contribution in [1.29, 1.82) is 0 Å². The van der Waals surface area contributed by atoms with E-state index >= 15 is 0 Å². The summed E-state index contributed by atoms with van der Waals surface area (Å²) in [5.41, 5.74) is 3.14. The minimum Gasteiger partial charge on any atom is -0.372 e. The molecule has 4 rings (SSSR count). The highest BCUT2D eigenvalue weighted by Crippen LogP contribution is 2.28. The second-order valence-corrected chi connectivity index (χ2v) is 7.52. The Balaban J connectivity index is 1.87. The zero-order chi connectivity index (χ0) is 19.8. The van der Waals surface area contributed by atoms with Crippen LogP contribution in [0.15, 0.2) is 48.5 Å². The molecule has 0 radical (unpaired) electrons. The van der Waals surface area contributed by atoms with E-state index in [-0.39, 0.29) is 23.9 Å². The number of carbonyl (C=O) groups is 1. The van der Waals surface area contributed by atoms with E-state index in [1.54, 1.807) is 24.3 Å². The van der Waals surface area contributed by atoms with Crippen molar-refractivity contribution in [3.8, 4) is 11.3 Å². The number of ether oxygens (including phenoxy) is 1. The molecule has 28 heavy (non-hydrogen) atoms. The average Bonchev–Trinajstić information content (AvgIpc) is 2.66. The molecule has 144 valence electrons. The lowest BCUT2D eigenvalue weighted by atomic mass is 10.0. The van der Waals surface area contributed by atoms with E-state index in [0.717, 1.165) is 10.9 Å². The molecule has 2 heterocycles. The van der Waals surface area contributed by atoms with E-state index in [0.29, 0.717) is 35.4 Å². The fraction of sp³-hybridized carbons (Fsp3) is 0.304. The van der Waals surface area contributed by atoms with Crippen LogP contribution in [0.1, 0.15) is 29.8 Å². The second-order valence-electron chi connectivity index (χ2n) is 7.52. The van der Waals surface area contributed by atoms with E-state index in [1.165, 1.54) is 6.07 Å². The van der Waals surface area contributed by atoms with Gasteiger partial charge in [0.05, 0.1) is 29.0 Å². The average molecular weight is 378 g/mol. The summed E-state index contributed by atoms with van der Waals surface area (Å²) < 4.78 is 20.1. The molecule has 5 heteroatoms. The van der Waals surface area contributed by atoms with Gasteiger partial charge in [-0.2, -0.15) is 0 Å². The molecule has 3 aromatic rings. The van der Waals surface area contributed by atoms with Gasteiger partial charge in [0, 0.05) is 24.0 Å². The summed E-state index contributed by atoms with van der Waals surface area (Å²) in [4.78, 5) is 19.9. The van der Waals surface area contributed by atoms with Crippen molar-refractivity contribution < 1.29 is 13.9 Å². The molecule has 4 nitrogen and oxygen atoms in total. The highest BCUT2D eigenvalue weighted by atomic mass is 19.1. The van der Waals surface area contributed by atoms with Gasteiger partial charge >= 0.3 is 0 Å². The van der Waals surface area contributed by atoms with E-state index in [4.69, 9.17) is 4.74 Å². The van der Waals surface area contributed by atoms with Gasteiger partial charge in [-0.25, -0.2) is 9.37 Å². The van der Waals surface area contributed by atoms with E-state index in [2.05, 4.69) is 4.98 Å². The van der Waals surface area contributed by atoms with Crippen molar-refractivity contribution >= 4 is 16.8 Å². The van der Waals surface area contributed by atoms with Gasteiger partial charge < -0.3 is 9.64 Å². The van der Waals surface area contributed by atoms with Crippen LogP contribution in [0.3, 0.4) is 0 Å². The SMILES string of the molecule is Cc1ccc2nc(-c3ccccc3F)cc(C(=O)N3CC(C)OC(C)C3)c2c1. The van der Waals surface area contributed by atoms with Crippen molar-refractivity contribution in [3.05, 3.63) is 65.5 Å². The molecule has 1 amide bonds. The van der Waals surface area contributed by atoms with E-state index in [1.807, 2.05) is 43.9 Å². The molecule has 1 fully saturated rings. The first kappa shape index (κ1) is 18.6. The number of hydrogen-bond donors (Lipinski definition) is 0.